The van der Waals surface area contributed by atoms with E-state index in [2.05, 4.69) is 16.5 Å². The molecule has 0 radical (unpaired) electrons. The van der Waals surface area contributed by atoms with Crippen molar-refractivity contribution in [2.75, 3.05) is 31.1 Å². The lowest BCUT2D eigenvalue weighted by Crippen LogP contribution is -2.50. The molecule has 0 atom stereocenters. The Morgan fingerprint density at radius 2 is 1.61 bits per heavy atom. The molecule has 0 aliphatic carbocycles. The molecule has 0 unspecified atom stereocenters. The number of piperazine rings is 1. The van der Waals surface area contributed by atoms with Gasteiger partial charge in [-0.1, -0.05) is 18.7 Å². The number of hydrogen-bond donors (Lipinski definition) is 0. The standard InChI is InChI=1S/C21H25FN4O2/c1-15(16-5-7-18(22)8-6-16)17-13-23-19(24-14-17)25-9-11-26(12-10-25)20(27)28-21(2,3)4/h5-8,13-14H,1,9-12H2,2-4H3. The van der Waals surface area contributed by atoms with E-state index in [0.717, 1.165) is 16.7 Å². The van der Waals surface area contributed by atoms with E-state index in [9.17, 15) is 9.18 Å². The van der Waals surface area contributed by atoms with Crippen molar-refractivity contribution in [3.05, 3.63) is 60.2 Å². The van der Waals surface area contributed by atoms with Crippen molar-refractivity contribution < 1.29 is 13.9 Å². The maximum Gasteiger partial charge on any atom is 0.410 e. The average Bonchev–Trinajstić information content (AvgIpc) is 2.67. The number of ether oxygens (including phenoxy) is 1. The van der Waals surface area contributed by atoms with Crippen LogP contribution in [-0.4, -0.2) is 52.7 Å². The van der Waals surface area contributed by atoms with Crippen LogP contribution in [0.2, 0.25) is 0 Å². The summed E-state index contributed by atoms with van der Waals surface area (Å²) in [5, 5.41) is 0. The Morgan fingerprint density at radius 1 is 1.04 bits per heavy atom. The lowest BCUT2D eigenvalue weighted by molar-refractivity contribution is 0.0240. The van der Waals surface area contributed by atoms with E-state index in [4.69, 9.17) is 4.74 Å². The molecule has 28 heavy (non-hydrogen) atoms. The van der Waals surface area contributed by atoms with Gasteiger partial charge in [0.25, 0.3) is 0 Å². The number of halogens is 1. The molecule has 148 valence electrons. The Labute approximate surface area is 164 Å². The number of nitrogens with zero attached hydrogens (tertiary/aromatic N) is 4. The minimum Gasteiger partial charge on any atom is -0.444 e. The Balaban J connectivity index is 1.60. The summed E-state index contributed by atoms with van der Waals surface area (Å²) >= 11 is 0. The Morgan fingerprint density at radius 3 is 2.14 bits per heavy atom. The van der Waals surface area contributed by atoms with Crippen LogP contribution in [0.1, 0.15) is 31.9 Å². The van der Waals surface area contributed by atoms with Gasteiger partial charge in [-0.15, -0.1) is 0 Å². The molecule has 0 N–H and O–H groups in total. The fourth-order valence-corrected chi connectivity index (χ4v) is 2.87. The van der Waals surface area contributed by atoms with Gasteiger partial charge in [0.1, 0.15) is 11.4 Å². The Hall–Kier alpha value is -2.96. The molecule has 7 heteroatoms. The van der Waals surface area contributed by atoms with Gasteiger partial charge in [0.2, 0.25) is 5.95 Å². The molecule has 1 aliphatic rings. The monoisotopic (exact) mass is 384 g/mol. The van der Waals surface area contributed by atoms with Crippen LogP contribution in [0.4, 0.5) is 15.1 Å². The van der Waals surface area contributed by atoms with E-state index in [0.29, 0.717) is 32.1 Å². The van der Waals surface area contributed by atoms with Crippen molar-refractivity contribution in [2.24, 2.45) is 0 Å². The summed E-state index contributed by atoms with van der Waals surface area (Å²) in [7, 11) is 0. The van der Waals surface area contributed by atoms with Gasteiger partial charge >= 0.3 is 6.09 Å². The zero-order valence-corrected chi connectivity index (χ0v) is 16.5. The van der Waals surface area contributed by atoms with Crippen LogP contribution >= 0.6 is 0 Å². The quantitative estimate of drug-likeness (QED) is 0.807. The summed E-state index contributed by atoms with van der Waals surface area (Å²) < 4.78 is 18.5. The number of benzene rings is 1. The first-order chi connectivity index (χ1) is 13.2. The molecule has 0 saturated carbocycles. The molecule has 0 bridgehead atoms. The van der Waals surface area contributed by atoms with Crippen LogP contribution in [0.3, 0.4) is 0 Å². The summed E-state index contributed by atoms with van der Waals surface area (Å²) in [4.78, 5) is 24.8. The minimum absolute atomic E-state index is 0.284. The first-order valence-corrected chi connectivity index (χ1v) is 9.23. The molecule has 2 aromatic rings. The third-order valence-electron chi connectivity index (χ3n) is 4.39. The lowest BCUT2D eigenvalue weighted by Gasteiger charge is -2.35. The van der Waals surface area contributed by atoms with Gasteiger partial charge in [-0.05, 0) is 44.0 Å². The van der Waals surface area contributed by atoms with Gasteiger partial charge in [-0.25, -0.2) is 19.2 Å². The van der Waals surface area contributed by atoms with Gasteiger partial charge in [-0.2, -0.15) is 0 Å². The second-order valence-corrected chi connectivity index (χ2v) is 7.71. The molecule has 1 aromatic heterocycles. The maximum atomic E-state index is 13.1. The van der Waals surface area contributed by atoms with Crippen LogP contribution in [0.5, 0.6) is 0 Å². The molecule has 3 rings (SSSR count). The second kappa shape index (κ2) is 7.96. The van der Waals surface area contributed by atoms with E-state index in [1.807, 2.05) is 25.7 Å². The van der Waals surface area contributed by atoms with Gasteiger partial charge in [0.05, 0.1) is 0 Å². The van der Waals surface area contributed by atoms with Crippen LogP contribution in [0, 0.1) is 5.82 Å². The van der Waals surface area contributed by atoms with Crippen molar-refractivity contribution in [3.63, 3.8) is 0 Å². The number of amides is 1. The fraction of sp³-hybridized carbons (Fsp3) is 0.381. The predicted octanol–water partition coefficient (Wildman–Crippen LogP) is 3.73. The summed E-state index contributed by atoms with van der Waals surface area (Å²) in [5.74, 6) is 0.327. The summed E-state index contributed by atoms with van der Waals surface area (Å²) in [6.07, 6.45) is 3.14. The number of carbonyl (C=O) groups excluding carboxylic acids is 1. The first-order valence-electron chi connectivity index (χ1n) is 9.23. The number of carbonyl (C=O) groups is 1. The first kappa shape index (κ1) is 19.8. The van der Waals surface area contributed by atoms with Crippen molar-refractivity contribution >= 4 is 17.6 Å². The zero-order chi connectivity index (χ0) is 20.3. The fourth-order valence-electron chi connectivity index (χ4n) is 2.87. The average molecular weight is 384 g/mol. The Bertz CT molecular complexity index is 836. The van der Waals surface area contributed by atoms with E-state index in [-0.39, 0.29) is 11.9 Å². The number of rotatable bonds is 3. The Kier molecular flexibility index (Phi) is 5.63. The number of anilines is 1. The van der Waals surface area contributed by atoms with E-state index in [1.54, 1.807) is 29.4 Å². The molecule has 1 saturated heterocycles. The molecular formula is C21H25FN4O2. The third kappa shape index (κ3) is 4.85. The third-order valence-corrected chi connectivity index (χ3v) is 4.39. The SMILES string of the molecule is C=C(c1ccc(F)cc1)c1cnc(N2CCN(C(=O)OC(C)(C)C)CC2)nc1. The maximum absolute atomic E-state index is 13.1. The molecular weight excluding hydrogens is 359 g/mol. The molecule has 1 aliphatic heterocycles. The van der Waals surface area contributed by atoms with Crippen molar-refractivity contribution in [1.29, 1.82) is 0 Å². The van der Waals surface area contributed by atoms with Gasteiger partial charge in [-0.3, -0.25) is 0 Å². The van der Waals surface area contributed by atoms with E-state index >= 15 is 0 Å². The van der Waals surface area contributed by atoms with Crippen molar-refractivity contribution in [1.82, 2.24) is 14.9 Å². The van der Waals surface area contributed by atoms with Crippen molar-refractivity contribution in [2.45, 2.75) is 26.4 Å². The largest absolute Gasteiger partial charge is 0.444 e. The van der Waals surface area contributed by atoms with E-state index < -0.39 is 5.60 Å². The molecule has 1 aromatic carbocycles. The summed E-state index contributed by atoms with van der Waals surface area (Å²) in [5.41, 5.74) is 1.84. The molecule has 1 amide bonds. The molecule has 6 nitrogen and oxygen atoms in total. The molecule has 1 fully saturated rings. The van der Waals surface area contributed by atoms with E-state index in [1.165, 1.54) is 12.1 Å². The zero-order valence-electron chi connectivity index (χ0n) is 16.5. The van der Waals surface area contributed by atoms with Crippen molar-refractivity contribution in [3.8, 4) is 0 Å². The smallest absolute Gasteiger partial charge is 0.410 e. The lowest BCUT2D eigenvalue weighted by atomic mass is 10.0. The van der Waals surface area contributed by atoms with Crippen LogP contribution in [-0.2, 0) is 4.74 Å². The minimum atomic E-state index is -0.500. The predicted molar refractivity (Wildman–Crippen MR) is 107 cm³/mol. The number of hydrogen-bond acceptors (Lipinski definition) is 5. The highest BCUT2D eigenvalue weighted by molar-refractivity contribution is 5.77. The topological polar surface area (TPSA) is 58.6 Å². The van der Waals surface area contributed by atoms with Crippen LogP contribution < -0.4 is 4.90 Å². The van der Waals surface area contributed by atoms with Gasteiger partial charge in [0, 0.05) is 44.1 Å². The molecule has 0 spiro atoms. The summed E-state index contributed by atoms with van der Waals surface area (Å²) in [6, 6.07) is 6.17. The number of aromatic nitrogens is 2. The highest BCUT2D eigenvalue weighted by Gasteiger charge is 2.26. The normalized spacial score (nSPS) is 14.7. The van der Waals surface area contributed by atoms with Gasteiger partial charge in [0.15, 0.2) is 0 Å². The van der Waals surface area contributed by atoms with Gasteiger partial charge < -0.3 is 14.5 Å². The van der Waals surface area contributed by atoms with Crippen LogP contribution in [0.25, 0.3) is 5.57 Å². The second-order valence-electron chi connectivity index (χ2n) is 7.71. The van der Waals surface area contributed by atoms with Crippen LogP contribution in [0.15, 0.2) is 43.2 Å². The molecule has 2 heterocycles. The summed E-state index contributed by atoms with van der Waals surface area (Å²) in [6.45, 7) is 12.0. The highest BCUT2D eigenvalue weighted by Crippen LogP contribution is 2.22. The highest BCUT2D eigenvalue weighted by atomic mass is 19.1.